The molecule has 1 saturated carbocycles. The number of carbonyl (C=O) groups is 1. The minimum absolute atomic E-state index is 0.637. The van der Waals surface area contributed by atoms with Crippen molar-refractivity contribution in [2.75, 3.05) is 13.2 Å². The molecule has 1 fully saturated rings. The van der Waals surface area contributed by atoms with Gasteiger partial charge in [0, 0.05) is 6.42 Å². The SMILES string of the molecule is CC1(OC(=O)COCCC(F)(F)C(F)(F)S(=O)(=O)O)CCCC1. The summed E-state index contributed by atoms with van der Waals surface area (Å²) in [6, 6.07) is 0. The van der Waals surface area contributed by atoms with Crippen molar-refractivity contribution in [3.63, 3.8) is 0 Å². The summed E-state index contributed by atoms with van der Waals surface area (Å²) >= 11 is 0. The van der Waals surface area contributed by atoms with Crippen molar-refractivity contribution >= 4 is 16.1 Å². The molecule has 136 valence electrons. The highest BCUT2D eigenvalue weighted by Gasteiger charge is 2.65. The Balaban J connectivity index is 2.40. The van der Waals surface area contributed by atoms with Gasteiger partial charge in [-0.2, -0.15) is 26.0 Å². The first-order chi connectivity index (χ1) is 10.3. The summed E-state index contributed by atoms with van der Waals surface area (Å²) in [6.45, 7) is -0.00818. The molecule has 23 heavy (non-hydrogen) atoms. The maximum Gasteiger partial charge on any atom is 0.431 e. The molecule has 0 aliphatic heterocycles. The van der Waals surface area contributed by atoms with Gasteiger partial charge >= 0.3 is 27.3 Å². The molecule has 0 amide bonds. The van der Waals surface area contributed by atoms with Crippen LogP contribution in [0.4, 0.5) is 17.6 Å². The quantitative estimate of drug-likeness (QED) is 0.307. The molecule has 0 spiro atoms. The first-order valence-corrected chi connectivity index (χ1v) is 8.27. The van der Waals surface area contributed by atoms with Crippen LogP contribution in [0.5, 0.6) is 0 Å². The number of carbonyl (C=O) groups excluding carboxylic acids is 1. The van der Waals surface area contributed by atoms with E-state index < -0.39 is 52.5 Å². The molecule has 0 heterocycles. The second kappa shape index (κ2) is 6.89. The van der Waals surface area contributed by atoms with Gasteiger partial charge in [0.05, 0.1) is 6.61 Å². The molecule has 0 atom stereocenters. The van der Waals surface area contributed by atoms with Crippen molar-refractivity contribution in [2.45, 2.75) is 55.8 Å². The van der Waals surface area contributed by atoms with E-state index >= 15 is 0 Å². The molecule has 0 bridgehead atoms. The number of hydrogen-bond donors (Lipinski definition) is 1. The zero-order valence-electron chi connectivity index (χ0n) is 12.4. The van der Waals surface area contributed by atoms with Gasteiger partial charge in [0.1, 0.15) is 12.2 Å². The average Bonchev–Trinajstić information content (AvgIpc) is 2.79. The van der Waals surface area contributed by atoms with Gasteiger partial charge in [0.15, 0.2) is 0 Å². The molecular weight excluding hydrogens is 348 g/mol. The first-order valence-electron chi connectivity index (χ1n) is 6.83. The summed E-state index contributed by atoms with van der Waals surface area (Å²) in [5, 5.41) is -5.64. The molecule has 1 aliphatic rings. The molecule has 0 radical (unpaired) electrons. The number of esters is 1. The molecule has 1 aliphatic carbocycles. The van der Waals surface area contributed by atoms with Crippen LogP contribution in [0.1, 0.15) is 39.0 Å². The largest absolute Gasteiger partial charge is 0.458 e. The summed E-state index contributed by atoms with van der Waals surface area (Å²) in [7, 11) is -6.27. The van der Waals surface area contributed by atoms with E-state index in [4.69, 9.17) is 9.29 Å². The number of alkyl halides is 4. The van der Waals surface area contributed by atoms with Gasteiger partial charge in [-0.25, -0.2) is 4.79 Å². The normalized spacial score (nSPS) is 18.9. The van der Waals surface area contributed by atoms with Crippen molar-refractivity contribution in [3.05, 3.63) is 0 Å². The number of rotatable bonds is 8. The first kappa shape index (κ1) is 20.1. The van der Waals surface area contributed by atoms with Gasteiger partial charge in [0.2, 0.25) is 0 Å². The lowest BCUT2D eigenvalue weighted by Gasteiger charge is -2.25. The van der Waals surface area contributed by atoms with Gasteiger partial charge in [-0.15, -0.1) is 0 Å². The Hall–Kier alpha value is -0.940. The summed E-state index contributed by atoms with van der Waals surface area (Å²) in [5.41, 5.74) is -0.637. The molecular formula is C12H18F4O6S. The van der Waals surface area contributed by atoms with Gasteiger partial charge < -0.3 is 9.47 Å². The monoisotopic (exact) mass is 366 g/mol. The van der Waals surface area contributed by atoms with Crippen LogP contribution in [0, 0.1) is 0 Å². The fraction of sp³-hybridized carbons (Fsp3) is 0.917. The predicted octanol–water partition coefficient (Wildman–Crippen LogP) is 2.38. The van der Waals surface area contributed by atoms with E-state index in [0.29, 0.717) is 12.8 Å². The van der Waals surface area contributed by atoms with E-state index in [2.05, 4.69) is 4.74 Å². The Morgan fingerprint density at radius 3 is 2.22 bits per heavy atom. The van der Waals surface area contributed by atoms with Crippen molar-refractivity contribution in [1.82, 2.24) is 0 Å². The highest BCUT2D eigenvalue weighted by Crippen LogP contribution is 2.40. The fourth-order valence-electron chi connectivity index (χ4n) is 2.22. The Morgan fingerprint density at radius 2 is 1.74 bits per heavy atom. The molecule has 11 heteroatoms. The van der Waals surface area contributed by atoms with Crippen LogP contribution in [0.3, 0.4) is 0 Å². The third kappa shape index (κ3) is 5.01. The van der Waals surface area contributed by atoms with Gasteiger partial charge in [0.25, 0.3) is 0 Å². The average molecular weight is 366 g/mol. The Kier molecular flexibility index (Phi) is 6.03. The lowest BCUT2D eigenvalue weighted by atomic mass is 10.1. The van der Waals surface area contributed by atoms with E-state index in [1.165, 1.54) is 0 Å². The maximum absolute atomic E-state index is 13.1. The van der Waals surface area contributed by atoms with Crippen LogP contribution in [-0.2, 0) is 24.4 Å². The Bertz CT molecular complexity index is 528. The smallest absolute Gasteiger partial charge is 0.431 e. The summed E-state index contributed by atoms with van der Waals surface area (Å²) < 4.78 is 90.4. The summed E-state index contributed by atoms with van der Waals surface area (Å²) in [4.78, 5) is 11.5. The minimum atomic E-state index is -6.27. The van der Waals surface area contributed by atoms with E-state index in [-0.39, 0.29) is 0 Å². The number of ether oxygens (including phenoxy) is 2. The molecule has 0 aromatic rings. The van der Waals surface area contributed by atoms with Crippen molar-refractivity contribution in [3.8, 4) is 0 Å². The molecule has 1 rings (SSSR count). The fourth-order valence-corrected chi connectivity index (χ4v) is 2.70. The van der Waals surface area contributed by atoms with Crippen LogP contribution < -0.4 is 0 Å². The van der Waals surface area contributed by atoms with Crippen molar-refractivity contribution in [1.29, 1.82) is 0 Å². The topological polar surface area (TPSA) is 89.9 Å². The second-order valence-electron chi connectivity index (χ2n) is 5.63. The molecule has 0 aromatic carbocycles. The lowest BCUT2D eigenvalue weighted by molar-refractivity contribution is -0.176. The highest BCUT2D eigenvalue weighted by atomic mass is 32.2. The molecule has 0 aromatic heterocycles. The Labute approximate surface area is 130 Å². The van der Waals surface area contributed by atoms with Crippen molar-refractivity contribution < 1.29 is 44.8 Å². The zero-order chi connectivity index (χ0) is 17.9. The summed E-state index contributed by atoms with van der Waals surface area (Å²) in [6.07, 6.45) is 1.42. The van der Waals surface area contributed by atoms with E-state index in [0.717, 1.165) is 12.8 Å². The van der Waals surface area contributed by atoms with Crippen LogP contribution in [0.2, 0.25) is 0 Å². The third-order valence-electron chi connectivity index (χ3n) is 3.55. The molecule has 6 nitrogen and oxygen atoms in total. The standard InChI is InChI=1S/C12H18F4O6S/c1-10(4-2-3-5-10)22-9(17)8-21-7-6-11(13,14)12(15,16)23(18,19)20/h2-8H2,1H3,(H,18,19,20). The maximum atomic E-state index is 13.1. The molecule has 1 N–H and O–H groups in total. The van der Waals surface area contributed by atoms with E-state index in [1.807, 2.05) is 0 Å². The van der Waals surface area contributed by atoms with E-state index in [9.17, 15) is 30.8 Å². The van der Waals surface area contributed by atoms with E-state index in [1.54, 1.807) is 6.92 Å². The van der Waals surface area contributed by atoms with Crippen LogP contribution in [-0.4, -0.2) is 48.9 Å². The van der Waals surface area contributed by atoms with Gasteiger partial charge in [-0.3, -0.25) is 4.55 Å². The van der Waals surface area contributed by atoms with Crippen LogP contribution in [0.15, 0.2) is 0 Å². The predicted molar refractivity (Wildman–Crippen MR) is 69.8 cm³/mol. The van der Waals surface area contributed by atoms with Crippen LogP contribution in [0.25, 0.3) is 0 Å². The molecule has 0 unspecified atom stereocenters. The number of halogens is 4. The third-order valence-corrected chi connectivity index (χ3v) is 4.50. The Morgan fingerprint density at radius 1 is 1.22 bits per heavy atom. The summed E-state index contributed by atoms with van der Waals surface area (Å²) in [5.74, 6) is -5.86. The van der Waals surface area contributed by atoms with Gasteiger partial charge in [-0.05, 0) is 32.6 Å². The minimum Gasteiger partial charge on any atom is -0.458 e. The highest BCUT2D eigenvalue weighted by molar-refractivity contribution is 7.87. The van der Waals surface area contributed by atoms with Crippen LogP contribution >= 0.6 is 0 Å². The van der Waals surface area contributed by atoms with Crippen molar-refractivity contribution in [2.24, 2.45) is 0 Å². The lowest BCUT2D eigenvalue weighted by Crippen LogP contribution is -2.47. The molecule has 0 saturated heterocycles. The second-order valence-corrected chi connectivity index (χ2v) is 7.09. The van der Waals surface area contributed by atoms with Gasteiger partial charge in [-0.1, -0.05) is 0 Å². The number of hydrogen-bond acceptors (Lipinski definition) is 5. The zero-order valence-corrected chi connectivity index (χ0v) is 13.2.